The third-order valence-corrected chi connectivity index (χ3v) is 7.10. The first-order valence-electron chi connectivity index (χ1n) is 10.4. The number of thiophene rings is 1. The van der Waals surface area contributed by atoms with Crippen molar-refractivity contribution in [2.45, 2.75) is 18.6 Å². The Labute approximate surface area is 210 Å². The summed E-state index contributed by atoms with van der Waals surface area (Å²) < 4.78 is 6.92. The van der Waals surface area contributed by atoms with E-state index in [0.29, 0.717) is 33.1 Å². The van der Waals surface area contributed by atoms with Crippen LogP contribution in [0, 0.1) is 0 Å². The first-order valence-corrected chi connectivity index (χ1v) is 12.6. The van der Waals surface area contributed by atoms with E-state index >= 15 is 0 Å². The molecule has 0 saturated carbocycles. The van der Waals surface area contributed by atoms with Gasteiger partial charge in [0.25, 0.3) is 0 Å². The highest BCUT2D eigenvalue weighted by Gasteiger charge is 2.23. The number of nitrogens with zero attached hydrogens (tertiary/aromatic N) is 3. The summed E-state index contributed by atoms with van der Waals surface area (Å²) in [6.07, 6.45) is 0. The fourth-order valence-electron chi connectivity index (χ4n) is 3.37. The molecule has 0 aliphatic carbocycles. The van der Waals surface area contributed by atoms with E-state index in [4.69, 9.17) is 16.3 Å². The highest BCUT2D eigenvalue weighted by molar-refractivity contribution is 7.99. The fourth-order valence-corrected chi connectivity index (χ4v) is 5.27. The molecule has 0 spiro atoms. The fraction of sp³-hybridized carbons (Fsp3) is 0.167. The van der Waals surface area contributed by atoms with E-state index < -0.39 is 5.97 Å². The number of ether oxygens (including phenoxy) is 1. The number of amides is 1. The third kappa shape index (κ3) is 5.16. The lowest BCUT2D eigenvalue weighted by Gasteiger charge is -2.09. The number of aromatic nitrogens is 3. The summed E-state index contributed by atoms with van der Waals surface area (Å²) in [5.74, 6) is 0.0651. The number of carbonyl (C=O) groups excluding carboxylic acids is 2. The number of esters is 1. The van der Waals surface area contributed by atoms with Crippen LogP contribution >= 0.6 is 34.7 Å². The molecule has 10 heteroatoms. The predicted molar refractivity (Wildman–Crippen MR) is 137 cm³/mol. The summed E-state index contributed by atoms with van der Waals surface area (Å²) in [5.41, 5.74) is 2.84. The summed E-state index contributed by atoms with van der Waals surface area (Å²) in [4.78, 5) is 25.2. The zero-order chi connectivity index (χ0) is 24.1. The number of methoxy groups -OCH3 is 1. The molecule has 0 saturated heterocycles. The Morgan fingerprint density at radius 2 is 1.82 bits per heavy atom. The van der Waals surface area contributed by atoms with Gasteiger partial charge < -0.3 is 14.6 Å². The lowest BCUT2D eigenvalue weighted by atomic mass is 10.0. The van der Waals surface area contributed by atoms with Gasteiger partial charge in [-0.1, -0.05) is 53.7 Å². The quantitative estimate of drug-likeness (QED) is 0.235. The Bertz CT molecular complexity index is 1300. The van der Waals surface area contributed by atoms with Gasteiger partial charge in [0.2, 0.25) is 5.91 Å². The van der Waals surface area contributed by atoms with E-state index in [1.54, 1.807) is 12.1 Å². The Balaban J connectivity index is 1.49. The van der Waals surface area contributed by atoms with E-state index in [1.807, 2.05) is 59.3 Å². The van der Waals surface area contributed by atoms with E-state index in [2.05, 4.69) is 15.5 Å². The second-order valence-corrected chi connectivity index (χ2v) is 9.36. The number of benzene rings is 2. The monoisotopic (exact) mass is 512 g/mol. The van der Waals surface area contributed by atoms with Crippen LogP contribution in [-0.4, -0.2) is 39.5 Å². The molecule has 2 aromatic heterocycles. The van der Waals surface area contributed by atoms with Crippen LogP contribution in [-0.2, 0) is 16.1 Å². The van der Waals surface area contributed by atoms with E-state index in [-0.39, 0.29) is 11.7 Å². The SMILES string of the molecule is CCn1c(SCC(=O)Nc2scc(-c3ccccc3)c2C(=O)OC)nnc1-c1ccc(Cl)cc1. The Kier molecular flexibility index (Phi) is 7.66. The van der Waals surface area contributed by atoms with Crippen molar-refractivity contribution >= 4 is 51.6 Å². The number of anilines is 1. The topological polar surface area (TPSA) is 86.1 Å². The molecule has 2 aromatic carbocycles. The molecule has 2 heterocycles. The predicted octanol–water partition coefficient (Wildman–Crippen LogP) is 5.86. The molecule has 34 heavy (non-hydrogen) atoms. The Hall–Kier alpha value is -3.14. The van der Waals surface area contributed by atoms with E-state index in [9.17, 15) is 9.59 Å². The molecule has 1 amide bonds. The first kappa shape index (κ1) is 24.0. The standard InChI is InChI=1S/C24H21ClN4O3S2/c1-3-29-21(16-9-11-17(25)12-10-16)27-28-24(29)34-14-19(30)26-22-20(23(31)32-2)18(13-33-22)15-7-5-4-6-8-15/h4-13H,3,14H2,1-2H3,(H,26,30). The smallest absolute Gasteiger partial charge is 0.341 e. The molecule has 4 aromatic rings. The molecule has 0 atom stereocenters. The molecular formula is C24H21ClN4O3S2. The minimum Gasteiger partial charge on any atom is -0.465 e. The number of hydrogen-bond acceptors (Lipinski definition) is 7. The zero-order valence-corrected chi connectivity index (χ0v) is 20.8. The van der Waals surface area contributed by atoms with Crippen molar-refractivity contribution in [2.75, 3.05) is 18.2 Å². The molecule has 4 rings (SSSR count). The molecule has 0 fully saturated rings. The second-order valence-electron chi connectivity index (χ2n) is 7.11. The molecule has 0 aliphatic rings. The van der Waals surface area contributed by atoms with Crippen LogP contribution in [0.2, 0.25) is 5.02 Å². The first-order chi connectivity index (χ1) is 16.5. The maximum absolute atomic E-state index is 12.8. The lowest BCUT2D eigenvalue weighted by molar-refractivity contribution is -0.113. The summed E-state index contributed by atoms with van der Waals surface area (Å²) in [6, 6.07) is 16.9. The van der Waals surface area contributed by atoms with Crippen molar-refractivity contribution in [2.24, 2.45) is 0 Å². The number of carbonyl (C=O) groups is 2. The normalized spacial score (nSPS) is 10.8. The van der Waals surface area contributed by atoms with Crippen LogP contribution in [0.25, 0.3) is 22.5 Å². The number of rotatable bonds is 8. The van der Waals surface area contributed by atoms with Crippen LogP contribution in [0.4, 0.5) is 5.00 Å². The number of hydrogen-bond donors (Lipinski definition) is 1. The Morgan fingerprint density at radius 1 is 1.09 bits per heavy atom. The van der Waals surface area contributed by atoms with Crippen LogP contribution in [0.15, 0.2) is 65.1 Å². The van der Waals surface area contributed by atoms with Crippen LogP contribution in [0.1, 0.15) is 17.3 Å². The maximum atomic E-state index is 12.8. The summed E-state index contributed by atoms with van der Waals surface area (Å²) in [5, 5.41) is 15.0. The van der Waals surface area contributed by atoms with Crippen molar-refractivity contribution in [3.8, 4) is 22.5 Å². The average Bonchev–Trinajstić information content (AvgIpc) is 3.47. The van der Waals surface area contributed by atoms with Crippen LogP contribution in [0.3, 0.4) is 0 Å². The summed E-state index contributed by atoms with van der Waals surface area (Å²) in [7, 11) is 1.33. The van der Waals surface area contributed by atoms with Crippen molar-refractivity contribution in [1.82, 2.24) is 14.8 Å². The molecule has 0 aliphatic heterocycles. The molecule has 0 bridgehead atoms. The van der Waals surface area contributed by atoms with Gasteiger partial charge in [0, 0.05) is 28.1 Å². The number of thioether (sulfide) groups is 1. The van der Waals surface area contributed by atoms with Crippen molar-refractivity contribution in [3.63, 3.8) is 0 Å². The molecule has 0 radical (unpaired) electrons. The average molecular weight is 513 g/mol. The number of nitrogens with one attached hydrogen (secondary N) is 1. The van der Waals surface area contributed by atoms with Gasteiger partial charge >= 0.3 is 5.97 Å². The second kappa shape index (κ2) is 10.9. The third-order valence-electron chi connectivity index (χ3n) is 4.99. The number of halogens is 1. The van der Waals surface area contributed by atoms with Crippen LogP contribution < -0.4 is 5.32 Å². The molecule has 0 unspecified atom stereocenters. The molecule has 174 valence electrons. The molecule has 1 N–H and O–H groups in total. The van der Waals surface area contributed by atoms with Gasteiger partial charge in [0.15, 0.2) is 11.0 Å². The van der Waals surface area contributed by atoms with E-state index in [1.165, 1.54) is 30.2 Å². The largest absolute Gasteiger partial charge is 0.465 e. The van der Waals surface area contributed by atoms with Crippen molar-refractivity contribution < 1.29 is 14.3 Å². The van der Waals surface area contributed by atoms with E-state index in [0.717, 1.165) is 16.7 Å². The van der Waals surface area contributed by atoms with Gasteiger partial charge in [-0.15, -0.1) is 21.5 Å². The highest BCUT2D eigenvalue weighted by atomic mass is 35.5. The van der Waals surface area contributed by atoms with Gasteiger partial charge in [-0.25, -0.2) is 4.79 Å². The van der Waals surface area contributed by atoms with Gasteiger partial charge in [0.1, 0.15) is 10.6 Å². The van der Waals surface area contributed by atoms with Crippen molar-refractivity contribution in [3.05, 3.63) is 70.6 Å². The highest BCUT2D eigenvalue weighted by Crippen LogP contribution is 2.36. The summed E-state index contributed by atoms with van der Waals surface area (Å²) >= 11 is 8.56. The Morgan fingerprint density at radius 3 is 2.50 bits per heavy atom. The molecular weight excluding hydrogens is 492 g/mol. The van der Waals surface area contributed by atoms with Gasteiger partial charge in [0.05, 0.1) is 12.9 Å². The van der Waals surface area contributed by atoms with Gasteiger partial charge in [-0.05, 0) is 36.8 Å². The van der Waals surface area contributed by atoms with Gasteiger partial charge in [-0.2, -0.15) is 0 Å². The maximum Gasteiger partial charge on any atom is 0.341 e. The summed E-state index contributed by atoms with van der Waals surface area (Å²) in [6.45, 7) is 2.64. The lowest BCUT2D eigenvalue weighted by Crippen LogP contribution is -2.16. The van der Waals surface area contributed by atoms with Crippen molar-refractivity contribution in [1.29, 1.82) is 0 Å². The van der Waals surface area contributed by atoms with Gasteiger partial charge in [-0.3, -0.25) is 4.79 Å². The minimum atomic E-state index is -0.499. The molecule has 7 nitrogen and oxygen atoms in total. The zero-order valence-electron chi connectivity index (χ0n) is 18.4. The minimum absolute atomic E-state index is 0.109. The van der Waals surface area contributed by atoms with Crippen LogP contribution in [0.5, 0.6) is 0 Å².